The van der Waals surface area contributed by atoms with E-state index in [2.05, 4.69) is 6.92 Å². The fourth-order valence-corrected chi connectivity index (χ4v) is 2.21. The summed E-state index contributed by atoms with van der Waals surface area (Å²) in [6.45, 7) is 3.99. The predicted molar refractivity (Wildman–Crippen MR) is 84.1 cm³/mol. The molecule has 0 radical (unpaired) electrons. The number of ether oxygens (including phenoxy) is 1. The highest BCUT2D eigenvalue weighted by atomic mass is 19.1. The van der Waals surface area contributed by atoms with Gasteiger partial charge in [0.15, 0.2) is 11.6 Å². The maximum Gasteiger partial charge on any atom is 0.167 e. The fourth-order valence-electron chi connectivity index (χ4n) is 2.21. The monoisotopic (exact) mass is 287 g/mol. The molecule has 0 saturated carbocycles. The van der Waals surface area contributed by atoms with E-state index in [-0.39, 0.29) is 17.6 Å². The molecule has 0 unspecified atom stereocenters. The maximum absolute atomic E-state index is 14.0. The molecule has 0 aliphatic heterocycles. The van der Waals surface area contributed by atoms with Gasteiger partial charge in [-0.15, -0.1) is 0 Å². The van der Waals surface area contributed by atoms with Crippen molar-refractivity contribution in [2.75, 3.05) is 0 Å². The first-order chi connectivity index (χ1) is 10.1. The average Bonchev–Trinajstić information content (AvgIpc) is 2.48. The molecule has 2 rings (SSSR count). The fraction of sp³-hybridized carbons (Fsp3) is 0.333. The van der Waals surface area contributed by atoms with E-state index in [1.165, 1.54) is 24.5 Å². The molecule has 2 aromatic rings. The predicted octanol–water partition coefficient (Wildman–Crippen LogP) is 4.98. The highest BCUT2D eigenvalue weighted by Gasteiger charge is 2.13. The molecule has 0 saturated heterocycles. The molecule has 2 aromatic carbocycles. The van der Waals surface area contributed by atoms with Gasteiger partial charge in [0, 0.05) is 11.6 Å². The normalized spacial score (nSPS) is 12.2. The number of para-hydroxylation sites is 1. The third kappa shape index (κ3) is 4.05. The van der Waals surface area contributed by atoms with Crippen LogP contribution in [0.3, 0.4) is 0 Å². The summed E-state index contributed by atoms with van der Waals surface area (Å²) in [6.07, 6.45) is 3.40. The van der Waals surface area contributed by atoms with Gasteiger partial charge in [0.25, 0.3) is 0 Å². The number of aryl methyl sites for hydroxylation is 1. The second-order valence-corrected chi connectivity index (χ2v) is 5.30. The maximum atomic E-state index is 14.0. The highest BCUT2D eigenvalue weighted by Crippen LogP contribution is 2.31. The van der Waals surface area contributed by atoms with E-state index in [0.717, 1.165) is 6.42 Å². The minimum atomic E-state index is -0.389. The summed E-state index contributed by atoms with van der Waals surface area (Å²) < 4.78 is 19.7. The van der Waals surface area contributed by atoms with Crippen molar-refractivity contribution in [3.63, 3.8) is 0 Å². The van der Waals surface area contributed by atoms with Crippen molar-refractivity contribution < 1.29 is 9.13 Å². The topological polar surface area (TPSA) is 35.2 Å². The second kappa shape index (κ2) is 7.23. The lowest BCUT2D eigenvalue weighted by atomic mass is 10.1. The number of benzene rings is 2. The van der Waals surface area contributed by atoms with Gasteiger partial charge in [0.1, 0.15) is 5.75 Å². The summed E-state index contributed by atoms with van der Waals surface area (Å²) in [5.74, 6) is 0.455. The standard InChI is InChI=1S/C18H22FNO/c1-3-4-6-14-9-11-15(12-10-14)21-18-16(13(2)20)7-5-8-17(18)19/h5,7-13H,3-4,6,20H2,1-2H3/t13-/m0/s1. The zero-order chi connectivity index (χ0) is 15.2. The van der Waals surface area contributed by atoms with Crippen molar-refractivity contribution in [1.29, 1.82) is 0 Å². The lowest BCUT2D eigenvalue weighted by Gasteiger charge is -2.14. The number of halogens is 1. The summed E-state index contributed by atoms with van der Waals surface area (Å²) in [4.78, 5) is 0. The van der Waals surface area contributed by atoms with Gasteiger partial charge in [0.05, 0.1) is 0 Å². The third-order valence-corrected chi connectivity index (χ3v) is 3.45. The van der Waals surface area contributed by atoms with Crippen molar-refractivity contribution in [2.45, 2.75) is 39.2 Å². The summed E-state index contributed by atoms with van der Waals surface area (Å²) in [5, 5.41) is 0. The number of hydrogen-bond donors (Lipinski definition) is 1. The number of hydrogen-bond acceptors (Lipinski definition) is 2. The van der Waals surface area contributed by atoms with E-state index in [1.54, 1.807) is 12.1 Å². The summed E-state index contributed by atoms with van der Waals surface area (Å²) in [6, 6.07) is 12.4. The minimum Gasteiger partial charge on any atom is -0.454 e. The first-order valence-corrected chi connectivity index (χ1v) is 7.42. The Morgan fingerprint density at radius 1 is 1.14 bits per heavy atom. The molecular weight excluding hydrogens is 265 g/mol. The molecule has 1 atom stereocenters. The van der Waals surface area contributed by atoms with E-state index >= 15 is 0 Å². The molecule has 0 aliphatic rings. The van der Waals surface area contributed by atoms with Crippen LogP contribution < -0.4 is 10.5 Å². The molecule has 0 aliphatic carbocycles. The SMILES string of the molecule is CCCCc1ccc(Oc2c(F)cccc2[C@H](C)N)cc1. The molecule has 2 N–H and O–H groups in total. The Hall–Kier alpha value is -1.87. The first-order valence-electron chi connectivity index (χ1n) is 7.42. The smallest absolute Gasteiger partial charge is 0.167 e. The Bertz CT molecular complexity index is 578. The van der Waals surface area contributed by atoms with Crippen LogP contribution in [0.2, 0.25) is 0 Å². The van der Waals surface area contributed by atoms with Crippen molar-refractivity contribution in [3.05, 3.63) is 59.4 Å². The Kier molecular flexibility index (Phi) is 5.34. The van der Waals surface area contributed by atoms with E-state index in [9.17, 15) is 4.39 Å². The Morgan fingerprint density at radius 3 is 2.48 bits per heavy atom. The highest BCUT2D eigenvalue weighted by molar-refractivity contribution is 5.41. The van der Waals surface area contributed by atoms with Gasteiger partial charge in [-0.1, -0.05) is 37.6 Å². The molecule has 0 bridgehead atoms. The number of unbranched alkanes of at least 4 members (excludes halogenated alkanes) is 1. The first kappa shape index (κ1) is 15.5. The molecule has 2 nitrogen and oxygen atoms in total. The Balaban J connectivity index is 2.18. The summed E-state index contributed by atoms with van der Waals surface area (Å²) in [5.41, 5.74) is 7.81. The van der Waals surface area contributed by atoms with Crippen LogP contribution in [0.5, 0.6) is 11.5 Å². The van der Waals surface area contributed by atoms with Crippen LogP contribution in [-0.2, 0) is 6.42 Å². The van der Waals surface area contributed by atoms with Crippen molar-refractivity contribution in [2.24, 2.45) is 5.73 Å². The molecule has 0 spiro atoms. The van der Waals surface area contributed by atoms with E-state index in [0.29, 0.717) is 11.3 Å². The van der Waals surface area contributed by atoms with Crippen LogP contribution in [-0.4, -0.2) is 0 Å². The van der Waals surface area contributed by atoms with Crippen LogP contribution in [0, 0.1) is 5.82 Å². The Morgan fingerprint density at radius 2 is 1.86 bits per heavy atom. The number of rotatable bonds is 6. The van der Waals surface area contributed by atoms with Gasteiger partial charge in [-0.05, 0) is 43.5 Å². The van der Waals surface area contributed by atoms with Crippen molar-refractivity contribution in [1.82, 2.24) is 0 Å². The van der Waals surface area contributed by atoms with Crippen LogP contribution in [0.4, 0.5) is 4.39 Å². The van der Waals surface area contributed by atoms with Crippen LogP contribution in [0.15, 0.2) is 42.5 Å². The van der Waals surface area contributed by atoms with Crippen LogP contribution >= 0.6 is 0 Å². The summed E-state index contributed by atoms with van der Waals surface area (Å²) in [7, 11) is 0. The zero-order valence-electron chi connectivity index (χ0n) is 12.6. The molecule has 112 valence electrons. The van der Waals surface area contributed by atoms with E-state index in [4.69, 9.17) is 10.5 Å². The third-order valence-electron chi connectivity index (χ3n) is 3.45. The van der Waals surface area contributed by atoms with E-state index < -0.39 is 0 Å². The molecule has 0 amide bonds. The molecule has 0 aromatic heterocycles. The van der Waals surface area contributed by atoms with Crippen molar-refractivity contribution >= 4 is 0 Å². The van der Waals surface area contributed by atoms with Gasteiger partial charge in [-0.3, -0.25) is 0 Å². The zero-order valence-corrected chi connectivity index (χ0v) is 12.6. The van der Waals surface area contributed by atoms with Gasteiger partial charge >= 0.3 is 0 Å². The van der Waals surface area contributed by atoms with Gasteiger partial charge in [-0.2, -0.15) is 0 Å². The molecular formula is C18H22FNO. The van der Waals surface area contributed by atoms with Gasteiger partial charge in [-0.25, -0.2) is 4.39 Å². The molecule has 0 fully saturated rings. The lowest BCUT2D eigenvalue weighted by Crippen LogP contribution is -2.07. The Labute approximate surface area is 125 Å². The lowest BCUT2D eigenvalue weighted by molar-refractivity contribution is 0.432. The molecule has 0 heterocycles. The quantitative estimate of drug-likeness (QED) is 0.813. The molecule has 3 heteroatoms. The van der Waals surface area contributed by atoms with Crippen LogP contribution in [0.1, 0.15) is 43.9 Å². The minimum absolute atomic E-state index is 0.216. The second-order valence-electron chi connectivity index (χ2n) is 5.30. The van der Waals surface area contributed by atoms with Gasteiger partial charge in [0.2, 0.25) is 0 Å². The van der Waals surface area contributed by atoms with Crippen molar-refractivity contribution in [3.8, 4) is 11.5 Å². The number of nitrogens with two attached hydrogens (primary N) is 1. The largest absolute Gasteiger partial charge is 0.454 e. The van der Waals surface area contributed by atoms with Gasteiger partial charge < -0.3 is 10.5 Å². The van der Waals surface area contributed by atoms with Crippen LogP contribution in [0.25, 0.3) is 0 Å². The average molecular weight is 287 g/mol. The molecule has 21 heavy (non-hydrogen) atoms. The summed E-state index contributed by atoms with van der Waals surface area (Å²) >= 11 is 0. The van der Waals surface area contributed by atoms with E-state index in [1.807, 2.05) is 31.2 Å².